The SMILES string of the molecule is CCC[N+]1([O-])CC(CCCc2ccccc2F)[C@@](C)(c2cc(-c3cccc(C#N)c3)cs2)CCCC1=N. The molecule has 0 amide bonds. The van der Waals surface area contributed by atoms with Crippen LogP contribution in [0, 0.1) is 33.7 Å². The van der Waals surface area contributed by atoms with E-state index in [2.05, 4.69) is 24.4 Å². The Hall–Kier alpha value is -2.85. The van der Waals surface area contributed by atoms with Gasteiger partial charge in [0.05, 0.1) is 24.7 Å². The lowest BCUT2D eigenvalue weighted by atomic mass is 9.68. The topological polar surface area (TPSA) is 70.7 Å². The predicted molar refractivity (Wildman–Crippen MR) is 150 cm³/mol. The smallest absolute Gasteiger partial charge is 0.195 e. The van der Waals surface area contributed by atoms with E-state index in [4.69, 9.17) is 5.41 Å². The molecule has 4 rings (SSSR count). The Morgan fingerprint density at radius 1 is 1.19 bits per heavy atom. The van der Waals surface area contributed by atoms with Gasteiger partial charge in [-0.1, -0.05) is 44.2 Å². The first kappa shape index (κ1) is 27.2. The highest BCUT2D eigenvalue weighted by Gasteiger charge is 2.43. The fraction of sp³-hybridized carbons (Fsp3) is 0.419. The molecular formula is C31H36FN3OS. The Balaban J connectivity index is 1.66. The quantitative estimate of drug-likeness (QED) is 0.242. The van der Waals surface area contributed by atoms with Crippen molar-refractivity contribution in [1.29, 1.82) is 10.7 Å². The fourth-order valence-corrected chi connectivity index (χ4v) is 7.01. The van der Waals surface area contributed by atoms with Gasteiger partial charge in [0.15, 0.2) is 5.84 Å². The number of hydroxylamine groups is 3. The summed E-state index contributed by atoms with van der Waals surface area (Å²) in [5.41, 5.74) is 3.26. The number of nitriles is 1. The van der Waals surface area contributed by atoms with Crippen LogP contribution >= 0.6 is 11.3 Å². The molecule has 4 nitrogen and oxygen atoms in total. The fourth-order valence-electron chi connectivity index (χ4n) is 5.82. The first-order valence-corrected chi connectivity index (χ1v) is 14.2. The lowest BCUT2D eigenvalue weighted by Gasteiger charge is -2.50. The second-order valence-corrected chi connectivity index (χ2v) is 11.5. The number of aryl methyl sites for hydroxylation is 1. The molecule has 2 heterocycles. The number of quaternary nitrogens is 1. The van der Waals surface area contributed by atoms with E-state index in [-0.39, 0.29) is 17.2 Å². The molecular weight excluding hydrogens is 481 g/mol. The van der Waals surface area contributed by atoms with E-state index in [9.17, 15) is 14.9 Å². The zero-order valence-electron chi connectivity index (χ0n) is 21.8. The summed E-state index contributed by atoms with van der Waals surface area (Å²) < 4.78 is 13.7. The average Bonchev–Trinajstić information content (AvgIpc) is 3.40. The molecule has 194 valence electrons. The summed E-state index contributed by atoms with van der Waals surface area (Å²) in [5.74, 6) is 0.191. The third-order valence-electron chi connectivity index (χ3n) is 8.05. The van der Waals surface area contributed by atoms with Crippen LogP contribution < -0.4 is 0 Å². The first-order chi connectivity index (χ1) is 17.8. The highest BCUT2D eigenvalue weighted by atomic mass is 32.1. The third-order valence-corrected chi connectivity index (χ3v) is 9.26. The van der Waals surface area contributed by atoms with E-state index >= 15 is 0 Å². The Kier molecular flexibility index (Phi) is 8.59. The lowest BCUT2D eigenvalue weighted by Crippen LogP contribution is -2.55. The van der Waals surface area contributed by atoms with Crippen LogP contribution in [0.3, 0.4) is 0 Å². The molecule has 2 aromatic carbocycles. The molecule has 2 unspecified atom stereocenters. The molecule has 0 radical (unpaired) electrons. The minimum atomic E-state index is -0.543. The van der Waals surface area contributed by atoms with Crippen molar-refractivity contribution < 1.29 is 9.04 Å². The Bertz CT molecular complexity index is 1280. The highest BCUT2D eigenvalue weighted by Crippen LogP contribution is 2.46. The van der Waals surface area contributed by atoms with E-state index in [0.717, 1.165) is 48.8 Å². The molecule has 6 heteroatoms. The molecule has 0 aliphatic carbocycles. The number of likely N-dealkylation sites (tertiary alicyclic amines) is 1. The van der Waals surface area contributed by atoms with Crippen LogP contribution in [-0.4, -0.2) is 23.6 Å². The van der Waals surface area contributed by atoms with E-state index in [1.807, 2.05) is 43.3 Å². The second kappa shape index (κ2) is 11.7. The van der Waals surface area contributed by atoms with Crippen molar-refractivity contribution in [3.05, 3.63) is 87.0 Å². The van der Waals surface area contributed by atoms with Crippen LogP contribution in [0.1, 0.15) is 68.4 Å². The van der Waals surface area contributed by atoms with Crippen LogP contribution in [0.4, 0.5) is 4.39 Å². The third kappa shape index (κ3) is 6.01. The molecule has 37 heavy (non-hydrogen) atoms. The van der Waals surface area contributed by atoms with Crippen molar-refractivity contribution in [2.45, 2.75) is 64.2 Å². The average molecular weight is 518 g/mol. The Labute approximate surface area is 224 Å². The second-order valence-electron chi connectivity index (χ2n) is 10.6. The van der Waals surface area contributed by atoms with Crippen molar-refractivity contribution >= 4 is 17.2 Å². The first-order valence-electron chi connectivity index (χ1n) is 13.3. The monoisotopic (exact) mass is 517 g/mol. The van der Waals surface area contributed by atoms with E-state index < -0.39 is 4.65 Å². The summed E-state index contributed by atoms with van der Waals surface area (Å²) in [7, 11) is 0. The van der Waals surface area contributed by atoms with Gasteiger partial charge in [0.2, 0.25) is 0 Å². The minimum Gasteiger partial charge on any atom is -0.626 e. The van der Waals surface area contributed by atoms with Gasteiger partial charge < -0.3 is 9.85 Å². The molecule has 0 spiro atoms. The number of benzene rings is 2. The number of nitrogens with zero attached hydrogens (tertiary/aromatic N) is 2. The molecule has 0 bridgehead atoms. The van der Waals surface area contributed by atoms with E-state index in [0.29, 0.717) is 37.3 Å². The maximum Gasteiger partial charge on any atom is 0.195 e. The molecule has 3 aromatic rings. The maximum absolute atomic E-state index is 14.3. The lowest BCUT2D eigenvalue weighted by molar-refractivity contribution is -0.797. The van der Waals surface area contributed by atoms with Crippen LogP contribution in [-0.2, 0) is 11.8 Å². The molecule has 1 aliphatic rings. The standard InChI is InChI=1S/C31H36FN3OS/c1-3-17-35(36)21-27(13-7-11-24-10-4-5-14-28(24)32)31(2,16-8-15-30(35)34)29-19-26(22-37-29)25-12-6-9-23(18-25)20-33/h4-6,9-10,12,14,18-19,22,27,34H,3,7-8,11,13,15-17,21H2,1-2H3/t27?,31-,35?/m0/s1. The molecule has 1 aliphatic heterocycles. The van der Waals surface area contributed by atoms with Gasteiger partial charge in [0.25, 0.3) is 0 Å². The van der Waals surface area contributed by atoms with Gasteiger partial charge in [0.1, 0.15) is 5.82 Å². The highest BCUT2D eigenvalue weighted by molar-refractivity contribution is 7.10. The summed E-state index contributed by atoms with van der Waals surface area (Å²) in [6.07, 6.45) is 5.23. The minimum absolute atomic E-state index is 0.0703. The molecule has 1 aromatic heterocycles. The zero-order valence-corrected chi connectivity index (χ0v) is 22.6. The van der Waals surface area contributed by atoms with Crippen LogP contribution in [0.5, 0.6) is 0 Å². The van der Waals surface area contributed by atoms with E-state index in [1.54, 1.807) is 17.4 Å². The summed E-state index contributed by atoms with van der Waals surface area (Å²) in [4.78, 5) is 1.25. The molecule has 0 saturated carbocycles. The summed E-state index contributed by atoms with van der Waals surface area (Å²) in [5, 5.41) is 34.0. The van der Waals surface area contributed by atoms with Crippen molar-refractivity contribution in [1.82, 2.24) is 0 Å². The summed E-state index contributed by atoms with van der Waals surface area (Å²) in [6.45, 7) is 5.11. The van der Waals surface area contributed by atoms with Gasteiger partial charge in [-0.25, -0.2) is 4.39 Å². The number of hydrogen-bond acceptors (Lipinski definition) is 4. The van der Waals surface area contributed by atoms with Crippen molar-refractivity contribution in [3.8, 4) is 17.2 Å². The van der Waals surface area contributed by atoms with E-state index in [1.165, 1.54) is 10.9 Å². The number of halogens is 1. The van der Waals surface area contributed by atoms with Gasteiger partial charge in [-0.3, -0.25) is 5.41 Å². The van der Waals surface area contributed by atoms with Crippen LogP contribution in [0.2, 0.25) is 0 Å². The number of nitrogens with one attached hydrogen (secondary N) is 1. The van der Waals surface area contributed by atoms with Crippen molar-refractivity contribution in [2.24, 2.45) is 5.92 Å². The van der Waals surface area contributed by atoms with Crippen LogP contribution in [0.15, 0.2) is 60.0 Å². The van der Waals surface area contributed by atoms with Gasteiger partial charge in [-0.2, -0.15) is 5.26 Å². The van der Waals surface area contributed by atoms with Gasteiger partial charge in [-0.15, -0.1) is 11.3 Å². The van der Waals surface area contributed by atoms with Gasteiger partial charge in [-0.05, 0) is 84.9 Å². The number of amidine groups is 1. The van der Waals surface area contributed by atoms with Gasteiger partial charge in [0, 0.05) is 22.6 Å². The summed E-state index contributed by atoms with van der Waals surface area (Å²) in [6, 6.07) is 19.1. The van der Waals surface area contributed by atoms with Crippen LogP contribution in [0.25, 0.3) is 11.1 Å². The molecule has 1 saturated heterocycles. The van der Waals surface area contributed by atoms with Crippen molar-refractivity contribution in [3.63, 3.8) is 0 Å². The van der Waals surface area contributed by atoms with Crippen molar-refractivity contribution in [2.75, 3.05) is 13.1 Å². The Morgan fingerprint density at radius 3 is 2.76 bits per heavy atom. The summed E-state index contributed by atoms with van der Waals surface area (Å²) >= 11 is 1.72. The Morgan fingerprint density at radius 2 is 2.00 bits per heavy atom. The number of rotatable bonds is 8. The van der Waals surface area contributed by atoms with Gasteiger partial charge >= 0.3 is 0 Å². The zero-order chi connectivity index (χ0) is 26.5. The number of hydrogen-bond donors (Lipinski definition) is 1. The normalized spacial score (nSPS) is 24.3. The maximum atomic E-state index is 14.3. The molecule has 1 N–H and O–H groups in total. The predicted octanol–water partition coefficient (Wildman–Crippen LogP) is 8.21. The number of thiophene rings is 1. The molecule has 1 fully saturated rings. The molecule has 3 atom stereocenters. The largest absolute Gasteiger partial charge is 0.626 e.